The molecule has 0 aliphatic heterocycles. The number of hydrogen-bond acceptors (Lipinski definition) is 2. The molecule has 0 fully saturated rings. The highest BCUT2D eigenvalue weighted by Crippen LogP contribution is 2.11. The first-order valence-corrected chi connectivity index (χ1v) is 4.40. The highest BCUT2D eigenvalue weighted by Gasteiger charge is 2.18. The number of carbonyl (C=O) groups excluding carboxylic acids is 1. The second kappa shape index (κ2) is 4.19. The Morgan fingerprint density at radius 2 is 1.77 bits per heavy atom. The minimum Gasteiger partial charge on any atom is -0.393 e. The van der Waals surface area contributed by atoms with E-state index in [-0.39, 0.29) is 11.7 Å². The van der Waals surface area contributed by atoms with Crippen molar-refractivity contribution in [2.24, 2.45) is 5.92 Å². The van der Waals surface area contributed by atoms with Gasteiger partial charge < -0.3 is 5.11 Å². The summed E-state index contributed by atoms with van der Waals surface area (Å²) in [6, 6.07) is 9.04. The monoisotopic (exact) mass is 178 g/mol. The molecule has 2 atom stereocenters. The quantitative estimate of drug-likeness (QED) is 0.717. The summed E-state index contributed by atoms with van der Waals surface area (Å²) in [5.74, 6) is -0.335. The van der Waals surface area contributed by atoms with E-state index < -0.39 is 6.10 Å². The minimum atomic E-state index is -0.590. The Morgan fingerprint density at radius 1 is 1.23 bits per heavy atom. The largest absolute Gasteiger partial charge is 0.393 e. The molecule has 2 heteroatoms. The van der Waals surface area contributed by atoms with Gasteiger partial charge in [0.2, 0.25) is 0 Å². The van der Waals surface area contributed by atoms with Gasteiger partial charge in [-0.1, -0.05) is 37.3 Å². The van der Waals surface area contributed by atoms with Crippen LogP contribution in [0.2, 0.25) is 0 Å². The number of carbonyl (C=O) groups is 1. The maximum atomic E-state index is 11.6. The van der Waals surface area contributed by atoms with E-state index in [0.29, 0.717) is 5.56 Å². The van der Waals surface area contributed by atoms with Gasteiger partial charge in [-0.05, 0) is 6.92 Å². The third kappa shape index (κ3) is 2.39. The van der Waals surface area contributed by atoms with Crippen molar-refractivity contribution in [2.75, 3.05) is 0 Å². The summed E-state index contributed by atoms with van der Waals surface area (Å²) < 4.78 is 0. The highest BCUT2D eigenvalue weighted by molar-refractivity contribution is 5.97. The van der Waals surface area contributed by atoms with Gasteiger partial charge in [0, 0.05) is 11.5 Å². The summed E-state index contributed by atoms with van der Waals surface area (Å²) in [7, 11) is 0. The lowest BCUT2D eigenvalue weighted by molar-refractivity contribution is 0.0759. The van der Waals surface area contributed by atoms with Gasteiger partial charge in [0.05, 0.1) is 6.10 Å². The number of Topliss-reactive ketones (excluding diaryl/α,β-unsaturated/α-hetero) is 1. The van der Waals surface area contributed by atoms with Crippen LogP contribution < -0.4 is 0 Å². The Bertz CT molecular complexity index is 277. The Labute approximate surface area is 78.2 Å². The molecule has 1 unspecified atom stereocenters. The summed E-state index contributed by atoms with van der Waals surface area (Å²) in [5, 5.41) is 9.23. The first-order chi connectivity index (χ1) is 6.13. The van der Waals surface area contributed by atoms with Crippen molar-refractivity contribution < 1.29 is 9.90 Å². The predicted octanol–water partition coefficient (Wildman–Crippen LogP) is 1.89. The summed E-state index contributed by atoms with van der Waals surface area (Å²) in [4.78, 5) is 11.6. The van der Waals surface area contributed by atoms with Crippen molar-refractivity contribution in [1.29, 1.82) is 0 Å². The topological polar surface area (TPSA) is 37.3 Å². The molecule has 0 spiro atoms. The van der Waals surface area contributed by atoms with Gasteiger partial charge in [-0.2, -0.15) is 0 Å². The second-order valence-electron chi connectivity index (χ2n) is 3.26. The highest BCUT2D eigenvalue weighted by atomic mass is 16.3. The van der Waals surface area contributed by atoms with Gasteiger partial charge in [0.25, 0.3) is 0 Å². The van der Waals surface area contributed by atoms with Gasteiger partial charge in [0.15, 0.2) is 5.78 Å². The molecule has 0 heterocycles. The molecule has 70 valence electrons. The van der Waals surface area contributed by atoms with Crippen molar-refractivity contribution >= 4 is 5.78 Å². The minimum absolute atomic E-state index is 0.00407. The van der Waals surface area contributed by atoms with Crippen molar-refractivity contribution in [1.82, 2.24) is 0 Å². The smallest absolute Gasteiger partial charge is 0.168 e. The van der Waals surface area contributed by atoms with Crippen LogP contribution in [0.4, 0.5) is 0 Å². The lowest BCUT2D eigenvalue weighted by Crippen LogP contribution is -2.22. The maximum Gasteiger partial charge on any atom is 0.168 e. The van der Waals surface area contributed by atoms with Crippen molar-refractivity contribution in [3.63, 3.8) is 0 Å². The Morgan fingerprint density at radius 3 is 2.23 bits per heavy atom. The Balaban J connectivity index is 2.80. The summed E-state index contributed by atoms with van der Waals surface area (Å²) in [6.07, 6.45) is -0.590. The molecule has 0 aliphatic carbocycles. The van der Waals surface area contributed by atoms with Crippen molar-refractivity contribution in [3.05, 3.63) is 35.9 Å². The summed E-state index contributed by atoms with van der Waals surface area (Å²) in [5.41, 5.74) is 0.663. The van der Waals surface area contributed by atoms with Crippen LogP contribution in [0.5, 0.6) is 0 Å². The molecular formula is C11H14O2. The van der Waals surface area contributed by atoms with Crippen molar-refractivity contribution in [2.45, 2.75) is 20.0 Å². The fourth-order valence-electron chi connectivity index (χ4n) is 1.08. The van der Waals surface area contributed by atoms with E-state index in [4.69, 9.17) is 0 Å². The van der Waals surface area contributed by atoms with Crippen LogP contribution in [-0.2, 0) is 0 Å². The molecule has 0 bridgehead atoms. The summed E-state index contributed by atoms with van der Waals surface area (Å²) in [6.45, 7) is 3.37. The molecule has 1 N–H and O–H groups in total. The molecule has 1 aromatic rings. The lowest BCUT2D eigenvalue weighted by Gasteiger charge is -2.12. The zero-order valence-corrected chi connectivity index (χ0v) is 7.90. The van der Waals surface area contributed by atoms with Crippen molar-refractivity contribution in [3.8, 4) is 0 Å². The molecule has 2 nitrogen and oxygen atoms in total. The van der Waals surface area contributed by atoms with Crippen LogP contribution in [0.1, 0.15) is 24.2 Å². The van der Waals surface area contributed by atoms with Crippen LogP contribution in [-0.4, -0.2) is 17.0 Å². The first-order valence-electron chi connectivity index (χ1n) is 4.40. The molecule has 0 amide bonds. The van der Waals surface area contributed by atoms with E-state index in [1.165, 1.54) is 0 Å². The second-order valence-corrected chi connectivity index (χ2v) is 3.26. The molecule has 13 heavy (non-hydrogen) atoms. The number of aliphatic hydroxyl groups is 1. The maximum absolute atomic E-state index is 11.6. The number of benzene rings is 1. The number of ketones is 1. The van der Waals surface area contributed by atoms with Gasteiger partial charge >= 0.3 is 0 Å². The van der Waals surface area contributed by atoms with Gasteiger partial charge in [-0.15, -0.1) is 0 Å². The van der Waals surface area contributed by atoms with Crippen LogP contribution in [0.25, 0.3) is 0 Å². The molecule has 0 radical (unpaired) electrons. The molecule has 1 aromatic carbocycles. The Kier molecular flexibility index (Phi) is 3.20. The predicted molar refractivity (Wildman–Crippen MR) is 51.6 cm³/mol. The number of rotatable bonds is 3. The third-order valence-electron chi connectivity index (χ3n) is 2.20. The molecule has 0 aliphatic rings. The van der Waals surface area contributed by atoms with E-state index in [1.807, 2.05) is 18.2 Å². The lowest BCUT2D eigenvalue weighted by atomic mass is 9.95. The number of hydrogen-bond donors (Lipinski definition) is 1. The fraction of sp³-hybridized carbons (Fsp3) is 0.364. The zero-order chi connectivity index (χ0) is 9.84. The van der Waals surface area contributed by atoms with E-state index in [0.717, 1.165) is 0 Å². The fourth-order valence-corrected chi connectivity index (χ4v) is 1.08. The van der Waals surface area contributed by atoms with E-state index in [1.54, 1.807) is 26.0 Å². The van der Waals surface area contributed by atoms with E-state index in [2.05, 4.69) is 0 Å². The normalized spacial score (nSPS) is 15.0. The van der Waals surface area contributed by atoms with Crippen LogP contribution in [0.15, 0.2) is 30.3 Å². The molecule has 1 rings (SSSR count). The third-order valence-corrected chi connectivity index (χ3v) is 2.20. The number of aliphatic hydroxyl groups excluding tert-OH is 1. The molecule has 0 aromatic heterocycles. The molecular weight excluding hydrogens is 164 g/mol. The zero-order valence-electron chi connectivity index (χ0n) is 7.90. The average Bonchev–Trinajstić information content (AvgIpc) is 2.17. The van der Waals surface area contributed by atoms with Gasteiger partial charge in [-0.25, -0.2) is 0 Å². The average molecular weight is 178 g/mol. The molecule has 0 saturated heterocycles. The Hall–Kier alpha value is -1.15. The van der Waals surface area contributed by atoms with E-state index >= 15 is 0 Å². The van der Waals surface area contributed by atoms with Crippen LogP contribution in [0, 0.1) is 5.92 Å². The van der Waals surface area contributed by atoms with Gasteiger partial charge in [-0.3, -0.25) is 4.79 Å². The molecule has 0 saturated carbocycles. The van der Waals surface area contributed by atoms with Crippen LogP contribution in [0.3, 0.4) is 0 Å². The standard InChI is InChI=1S/C11H14O2/c1-8(9(2)12)11(13)10-6-4-3-5-7-10/h3-9,12H,1-2H3/t8-,9?/m1/s1. The first kappa shape index (κ1) is 9.93. The van der Waals surface area contributed by atoms with Gasteiger partial charge in [0.1, 0.15) is 0 Å². The van der Waals surface area contributed by atoms with Crippen LogP contribution >= 0.6 is 0 Å². The summed E-state index contributed by atoms with van der Waals surface area (Å²) >= 11 is 0. The SMILES string of the molecule is CC(O)[C@@H](C)C(=O)c1ccccc1. The van der Waals surface area contributed by atoms with E-state index in [9.17, 15) is 9.90 Å².